The van der Waals surface area contributed by atoms with Gasteiger partial charge in [0.15, 0.2) is 0 Å². The van der Waals surface area contributed by atoms with Gasteiger partial charge in [-0.2, -0.15) is 13.2 Å². The van der Waals surface area contributed by atoms with Gasteiger partial charge in [0, 0.05) is 13.1 Å². The molecular formula is C21H25ClF3N3O4S. The molecule has 12 heteroatoms. The van der Waals surface area contributed by atoms with Crippen molar-refractivity contribution < 1.29 is 32.3 Å². The molecule has 0 aliphatic rings. The monoisotopic (exact) mass is 507 g/mol. The van der Waals surface area contributed by atoms with Crippen molar-refractivity contribution in [3.05, 3.63) is 51.4 Å². The standard InChI is InChI=1S/C21H24F3N3O4S.ClH/c1-4-14(12-5-7-13(8-6-12)21(22,23)24)17(28)27-19-15(20(30)31-3)11(2)16(32-19)18(29)26-10-9-25;/h5-8,14H,4,9-10,25H2,1-3H3,(H,26,29)(H,27,28);1H. The van der Waals surface area contributed by atoms with Crippen LogP contribution in [0.15, 0.2) is 24.3 Å². The molecule has 4 N–H and O–H groups in total. The van der Waals surface area contributed by atoms with Gasteiger partial charge in [-0.1, -0.05) is 19.1 Å². The molecule has 0 radical (unpaired) electrons. The van der Waals surface area contributed by atoms with Crippen LogP contribution >= 0.6 is 23.7 Å². The molecule has 2 amide bonds. The minimum absolute atomic E-state index is 0. The molecule has 0 bridgehead atoms. The zero-order valence-corrected chi connectivity index (χ0v) is 19.8. The first kappa shape index (κ1) is 28.4. The van der Waals surface area contributed by atoms with Crippen LogP contribution in [0.5, 0.6) is 0 Å². The van der Waals surface area contributed by atoms with Gasteiger partial charge in [-0.05, 0) is 36.6 Å². The number of alkyl halides is 3. The molecule has 0 saturated heterocycles. The number of hydrogen-bond acceptors (Lipinski definition) is 6. The maximum absolute atomic E-state index is 13.0. The van der Waals surface area contributed by atoms with E-state index in [0.717, 1.165) is 23.5 Å². The smallest absolute Gasteiger partial charge is 0.416 e. The van der Waals surface area contributed by atoms with Gasteiger partial charge in [0.1, 0.15) is 5.00 Å². The summed E-state index contributed by atoms with van der Waals surface area (Å²) in [5.41, 5.74) is 5.37. The van der Waals surface area contributed by atoms with E-state index in [1.54, 1.807) is 13.8 Å². The first-order valence-corrected chi connectivity index (χ1v) is 10.5. The zero-order chi connectivity index (χ0) is 24.1. The minimum Gasteiger partial charge on any atom is -0.465 e. The maximum atomic E-state index is 13.0. The predicted molar refractivity (Wildman–Crippen MR) is 122 cm³/mol. The highest BCUT2D eigenvalue weighted by Crippen LogP contribution is 2.35. The molecular weight excluding hydrogens is 483 g/mol. The first-order valence-electron chi connectivity index (χ1n) is 9.73. The Morgan fingerprint density at radius 1 is 1.18 bits per heavy atom. The second kappa shape index (κ2) is 12.0. The number of rotatable bonds is 8. The number of nitrogens with one attached hydrogen (secondary N) is 2. The lowest BCUT2D eigenvalue weighted by Gasteiger charge is -2.16. The summed E-state index contributed by atoms with van der Waals surface area (Å²) >= 11 is 0.911. The molecule has 0 fully saturated rings. The summed E-state index contributed by atoms with van der Waals surface area (Å²) in [6.45, 7) is 3.74. The predicted octanol–water partition coefficient (Wildman–Crippen LogP) is 4.10. The quantitative estimate of drug-likeness (QED) is 0.466. The van der Waals surface area contributed by atoms with E-state index in [4.69, 9.17) is 10.5 Å². The van der Waals surface area contributed by atoms with E-state index < -0.39 is 35.4 Å². The Kier molecular flexibility index (Phi) is 10.3. The lowest BCUT2D eigenvalue weighted by Crippen LogP contribution is -2.28. The van der Waals surface area contributed by atoms with Gasteiger partial charge in [-0.15, -0.1) is 23.7 Å². The van der Waals surface area contributed by atoms with Crippen LogP contribution in [-0.2, 0) is 15.7 Å². The lowest BCUT2D eigenvalue weighted by atomic mass is 9.94. The first-order chi connectivity index (χ1) is 15.0. The van der Waals surface area contributed by atoms with E-state index in [-0.39, 0.29) is 40.9 Å². The van der Waals surface area contributed by atoms with Crippen molar-refractivity contribution in [3.63, 3.8) is 0 Å². The van der Waals surface area contributed by atoms with E-state index in [1.165, 1.54) is 19.2 Å². The highest BCUT2D eigenvalue weighted by Gasteiger charge is 2.31. The summed E-state index contributed by atoms with van der Waals surface area (Å²) in [6, 6.07) is 4.34. The van der Waals surface area contributed by atoms with Crippen molar-refractivity contribution in [1.29, 1.82) is 0 Å². The highest BCUT2D eigenvalue weighted by molar-refractivity contribution is 7.18. The van der Waals surface area contributed by atoms with E-state index in [1.807, 2.05) is 0 Å². The third-order valence-electron chi connectivity index (χ3n) is 4.77. The molecule has 7 nitrogen and oxygen atoms in total. The van der Waals surface area contributed by atoms with Gasteiger partial charge in [-0.25, -0.2) is 4.79 Å². The Labute approximate surface area is 199 Å². The fraction of sp³-hybridized carbons (Fsp3) is 0.381. The number of nitrogens with two attached hydrogens (primary N) is 1. The van der Waals surface area contributed by atoms with Crippen molar-refractivity contribution >= 4 is 46.5 Å². The van der Waals surface area contributed by atoms with E-state index >= 15 is 0 Å². The largest absolute Gasteiger partial charge is 0.465 e. The molecule has 2 rings (SSSR count). The SMILES string of the molecule is CCC(C(=O)Nc1sc(C(=O)NCCN)c(C)c1C(=O)OC)c1ccc(C(F)(F)F)cc1.Cl. The molecule has 1 atom stereocenters. The van der Waals surface area contributed by atoms with Crippen LogP contribution in [0, 0.1) is 6.92 Å². The molecule has 1 aromatic carbocycles. The van der Waals surface area contributed by atoms with Crippen molar-refractivity contribution in [1.82, 2.24) is 5.32 Å². The average Bonchev–Trinajstić information content (AvgIpc) is 3.07. The van der Waals surface area contributed by atoms with Gasteiger partial charge in [-0.3, -0.25) is 9.59 Å². The molecule has 0 spiro atoms. The third kappa shape index (κ3) is 6.68. The Morgan fingerprint density at radius 2 is 1.79 bits per heavy atom. The minimum atomic E-state index is -4.48. The number of carbonyl (C=O) groups excluding carboxylic acids is 3. The number of carbonyl (C=O) groups is 3. The van der Waals surface area contributed by atoms with E-state index in [0.29, 0.717) is 17.5 Å². The number of ether oxygens (including phenoxy) is 1. The summed E-state index contributed by atoms with van der Waals surface area (Å²) in [4.78, 5) is 37.9. The number of hydrogen-bond donors (Lipinski definition) is 3. The summed E-state index contributed by atoms with van der Waals surface area (Å²) < 4.78 is 43.3. The van der Waals surface area contributed by atoms with Crippen LogP contribution in [0.2, 0.25) is 0 Å². The second-order valence-corrected chi connectivity index (χ2v) is 7.89. The summed E-state index contributed by atoms with van der Waals surface area (Å²) in [6.07, 6.45) is -4.17. The van der Waals surface area contributed by atoms with Crippen LogP contribution in [0.25, 0.3) is 0 Å². The van der Waals surface area contributed by atoms with Gasteiger partial charge in [0.2, 0.25) is 5.91 Å². The fourth-order valence-corrected chi connectivity index (χ4v) is 4.22. The molecule has 1 aromatic heterocycles. The van der Waals surface area contributed by atoms with Crippen molar-refractivity contribution in [2.24, 2.45) is 5.73 Å². The fourth-order valence-electron chi connectivity index (χ4n) is 3.11. The van der Waals surface area contributed by atoms with E-state index in [9.17, 15) is 27.6 Å². The number of anilines is 1. The zero-order valence-electron chi connectivity index (χ0n) is 18.2. The Morgan fingerprint density at radius 3 is 2.27 bits per heavy atom. The summed E-state index contributed by atoms with van der Waals surface area (Å²) in [5, 5.41) is 5.38. The van der Waals surface area contributed by atoms with Gasteiger partial charge < -0.3 is 21.1 Å². The van der Waals surface area contributed by atoms with E-state index in [2.05, 4.69) is 10.6 Å². The van der Waals surface area contributed by atoms with Crippen LogP contribution in [0.1, 0.15) is 56.0 Å². The van der Waals surface area contributed by atoms with Gasteiger partial charge >= 0.3 is 12.1 Å². The number of methoxy groups -OCH3 is 1. The summed E-state index contributed by atoms with van der Waals surface area (Å²) in [7, 11) is 1.18. The number of esters is 1. The Balaban J connectivity index is 0.00000544. The van der Waals surface area contributed by atoms with Crippen LogP contribution < -0.4 is 16.4 Å². The molecule has 1 heterocycles. The molecule has 2 aromatic rings. The van der Waals surface area contributed by atoms with Crippen molar-refractivity contribution in [2.45, 2.75) is 32.4 Å². The normalized spacial score (nSPS) is 11.8. The number of halogens is 4. The van der Waals surface area contributed by atoms with Crippen LogP contribution in [0.4, 0.5) is 18.2 Å². The Bertz CT molecular complexity index is 994. The van der Waals surface area contributed by atoms with Gasteiger partial charge in [0.05, 0.1) is 29.0 Å². The summed E-state index contributed by atoms with van der Waals surface area (Å²) in [5.74, 6) is -2.46. The topological polar surface area (TPSA) is 111 Å². The number of amides is 2. The average molecular weight is 508 g/mol. The molecule has 182 valence electrons. The molecule has 1 unspecified atom stereocenters. The lowest BCUT2D eigenvalue weighted by molar-refractivity contribution is -0.137. The maximum Gasteiger partial charge on any atom is 0.416 e. The van der Waals surface area contributed by atoms with Crippen molar-refractivity contribution in [2.75, 3.05) is 25.5 Å². The molecule has 33 heavy (non-hydrogen) atoms. The number of thiophene rings is 1. The Hall–Kier alpha value is -2.63. The highest BCUT2D eigenvalue weighted by atomic mass is 35.5. The third-order valence-corrected chi connectivity index (χ3v) is 5.98. The molecule has 0 aliphatic heterocycles. The molecule has 0 saturated carbocycles. The molecule has 0 aliphatic carbocycles. The number of benzene rings is 1. The van der Waals surface area contributed by atoms with Crippen LogP contribution in [0.3, 0.4) is 0 Å². The van der Waals surface area contributed by atoms with Crippen LogP contribution in [-0.4, -0.2) is 38.0 Å². The second-order valence-electron chi connectivity index (χ2n) is 6.87. The van der Waals surface area contributed by atoms with Gasteiger partial charge in [0.25, 0.3) is 5.91 Å². The van der Waals surface area contributed by atoms with Crippen molar-refractivity contribution in [3.8, 4) is 0 Å².